The van der Waals surface area contributed by atoms with Gasteiger partial charge in [-0.05, 0) is 36.0 Å². The van der Waals surface area contributed by atoms with Crippen LogP contribution in [0.3, 0.4) is 0 Å². The van der Waals surface area contributed by atoms with Crippen molar-refractivity contribution in [1.82, 2.24) is 0 Å². The van der Waals surface area contributed by atoms with Crippen LogP contribution in [0, 0.1) is 5.92 Å². The Balaban J connectivity index is 1.85. The molecule has 2 rings (SSSR count). The van der Waals surface area contributed by atoms with Gasteiger partial charge in [-0.25, -0.2) is 0 Å². The molecule has 0 saturated heterocycles. The van der Waals surface area contributed by atoms with E-state index in [1.54, 1.807) is 0 Å². The zero-order valence-corrected chi connectivity index (χ0v) is 9.35. The Morgan fingerprint density at radius 1 is 1.44 bits per heavy atom. The van der Waals surface area contributed by atoms with Crippen LogP contribution in [-0.4, -0.2) is 17.7 Å². The molecule has 3 nitrogen and oxygen atoms in total. The molecule has 0 radical (unpaired) electrons. The predicted octanol–water partition coefficient (Wildman–Crippen LogP) is 2.66. The third kappa shape index (κ3) is 2.75. The molecule has 1 aliphatic rings. The van der Waals surface area contributed by atoms with Gasteiger partial charge in [0.15, 0.2) is 0 Å². The maximum Gasteiger partial charge on any atom is 0.306 e. The molecular weight excluding hydrogens is 204 g/mol. The number of rotatable bonds is 5. The average Bonchev–Trinajstić information content (AvgIpc) is 2.96. The third-order valence-corrected chi connectivity index (χ3v) is 3.00. The van der Waals surface area contributed by atoms with Crippen LogP contribution in [0.2, 0.25) is 0 Å². The van der Waals surface area contributed by atoms with Gasteiger partial charge < -0.3 is 9.84 Å². The number of ether oxygens (including phenoxy) is 1. The molecule has 3 heteroatoms. The Kier molecular flexibility index (Phi) is 3.13. The van der Waals surface area contributed by atoms with E-state index in [4.69, 9.17) is 9.84 Å². The lowest BCUT2D eigenvalue weighted by Gasteiger charge is -2.05. The van der Waals surface area contributed by atoms with E-state index in [9.17, 15) is 4.79 Å². The Morgan fingerprint density at radius 3 is 2.56 bits per heavy atom. The summed E-state index contributed by atoms with van der Waals surface area (Å²) in [6.07, 6.45) is 1.32. The lowest BCUT2D eigenvalue weighted by Crippen LogP contribution is -2.04. The SMILES string of the molecule is C[C@H]1CC1c1ccc(OCCC(=O)O)cc1. The highest BCUT2D eigenvalue weighted by molar-refractivity contribution is 5.66. The van der Waals surface area contributed by atoms with Crippen LogP contribution in [0.4, 0.5) is 0 Å². The van der Waals surface area contributed by atoms with Crippen molar-refractivity contribution in [3.8, 4) is 5.75 Å². The van der Waals surface area contributed by atoms with Crippen molar-refractivity contribution in [2.45, 2.75) is 25.7 Å². The Labute approximate surface area is 95.0 Å². The number of aliphatic carboxylic acids is 1. The van der Waals surface area contributed by atoms with Crippen molar-refractivity contribution in [2.24, 2.45) is 5.92 Å². The van der Waals surface area contributed by atoms with E-state index in [1.165, 1.54) is 12.0 Å². The van der Waals surface area contributed by atoms with Crippen LogP contribution >= 0.6 is 0 Å². The third-order valence-electron chi connectivity index (χ3n) is 3.00. The van der Waals surface area contributed by atoms with Crippen molar-refractivity contribution in [3.05, 3.63) is 29.8 Å². The molecule has 1 fully saturated rings. The number of benzene rings is 1. The van der Waals surface area contributed by atoms with Gasteiger partial charge in [-0.1, -0.05) is 19.1 Å². The molecule has 1 aromatic carbocycles. The van der Waals surface area contributed by atoms with Crippen molar-refractivity contribution in [3.63, 3.8) is 0 Å². The normalized spacial score (nSPS) is 22.8. The quantitative estimate of drug-likeness (QED) is 0.829. The largest absolute Gasteiger partial charge is 0.493 e. The topological polar surface area (TPSA) is 46.5 Å². The van der Waals surface area contributed by atoms with Crippen LogP contribution in [0.1, 0.15) is 31.2 Å². The van der Waals surface area contributed by atoms with E-state index in [-0.39, 0.29) is 13.0 Å². The minimum Gasteiger partial charge on any atom is -0.493 e. The zero-order valence-electron chi connectivity index (χ0n) is 9.35. The molecule has 1 aromatic rings. The molecular formula is C13H16O3. The van der Waals surface area contributed by atoms with Gasteiger partial charge >= 0.3 is 5.97 Å². The summed E-state index contributed by atoms with van der Waals surface area (Å²) in [6, 6.07) is 7.99. The van der Waals surface area contributed by atoms with Crippen LogP contribution in [0.15, 0.2) is 24.3 Å². The van der Waals surface area contributed by atoms with Crippen LogP contribution in [-0.2, 0) is 4.79 Å². The first-order chi connectivity index (χ1) is 7.66. The van der Waals surface area contributed by atoms with Crippen LogP contribution in [0.25, 0.3) is 0 Å². The van der Waals surface area contributed by atoms with Gasteiger partial charge in [0.25, 0.3) is 0 Å². The molecule has 16 heavy (non-hydrogen) atoms. The molecule has 0 heterocycles. The first kappa shape index (κ1) is 11.0. The molecule has 2 atom stereocenters. The molecule has 0 amide bonds. The molecule has 1 N–H and O–H groups in total. The van der Waals surface area contributed by atoms with Gasteiger partial charge in [-0.3, -0.25) is 4.79 Å². The van der Waals surface area contributed by atoms with E-state index >= 15 is 0 Å². The monoisotopic (exact) mass is 220 g/mol. The number of carbonyl (C=O) groups is 1. The maximum atomic E-state index is 10.3. The predicted molar refractivity (Wildman–Crippen MR) is 60.7 cm³/mol. The van der Waals surface area contributed by atoms with Crippen molar-refractivity contribution >= 4 is 5.97 Å². The minimum absolute atomic E-state index is 0.0431. The molecule has 86 valence electrons. The van der Waals surface area contributed by atoms with Gasteiger partial charge in [0.1, 0.15) is 5.75 Å². The highest BCUT2D eigenvalue weighted by atomic mass is 16.5. The molecule has 0 aliphatic heterocycles. The van der Waals surface area contributed by atoms with Gasteiger partial charge in [0.05, 0.1) is 13.0 Å². The summed E-state index contributed by atoms with van der Waals surface area (Å²) in [7, 11) is 0. The summed E-state index contributed by atoms with van der Waals surface area (Å²) in [5.74, 6) is 1.44. The Bertz CT molecular complexity index is 369. The van der Waals surface area contributed by atoms with E-state index < -0.39 is 5.97 Å². The zero-order chi connectivity index (χ0) is 11.5. The maximum absolute atomic E-state index is 10.3. The second-order valence-electron chi connectivity index (χ2n) is 4.38. The second kappa shape index (κ2) is 4.56. The summed E-state index contributed by atoms with van der Waals surface area (Å²) in [5, 5.41) is 8.47. The molecule has 1 aliphatic carbocycles. The van der Waals surface area contributed by atoms with E-state index in [0.29, 0.717) is 5.92 Å². The van der Waals surface area contributed by atoms with E-state index in [2.05, 4.69) is 19.1 Å². The Hall–Kier alpha value is -1.51. The summed E-state index contributed by atoms with van der Waals surface area (Å²) < 4.78 is 5.32. The fourth-order valence-corrected chi connectivity index (χ4v) is 1.85. The summed E-state index contributed by atoms with van der Waals surface area (Å²) in [5.41, 5.74) is 1.36. The molecule has 0 bridgehead atoms. The number of hydrogen-bond donors (Lipinski definition) is 1. The Morgan fingerprint density at radius 2 is 2.06 bits per heavy atom. The molecule has 0 spiro atoms. The first-order valence-corrected chi connectivity index (χ1v) is 5.61. The average molecular weight is 220 g/mol. The minimum atomic E-state index is -0.830. The van der Waals surface area contributed by atoms with Crippen molar-refractivity contribution in [2.75, 3.05) is 6.61 Å². The molecule has 1 unspecified atom stereocenters. The van der Waals surface area contributed by atoms with Gasteiger partial charge in [-0.2, -0.15) is 0 Å². The smallest absolute Gasteiger partial charge is 0.306 e. The summed E-state index contributed by atoms with van der Waals surface area (Å²) in [6.45, 7) is 2.48. The second-order valence-corrected chi connectivity index (χ2v) is 4.38. The summed E-state index contributed by atoms with van der Waals surface area (Å²) in [4.78, 5) is 10.3. The number of hydrogen-bond acceptors (Lipinski definition) is 2. The van der Waals surface area contributed by atoms with Crippen molar-refractivity contribution in [1.29, 1.82) is 0 Å². The van der Waals surface area contributed by atoms with Crippen LogP contribution in [0.5, 0.6) is 5.75 Å². The first-order valence-electron chi connectivity index (χ1n) is 5.61. The van der Waals surface area contributed by atoms with Crippen molar-refractivity contribution < 1.29 is 14.6 Å². The number of carboxylic acid groups (broad SMARTS) is 1. The fraction of sp³-hybridized carbons (Fsp3) is 0.462. The van der Waals surface area contributed by atoms with E-state index in [0.717, 1.165) is 11.7 Å². The highest BCUT2D eigenvalue weighted by Crippen LogP contribution is 2.46. The molecule has 0 aromatic heterocycles. The van der Waals surface area contributed by atoms with Gasteiger partial charge in [0, 0.05) is 0 Å². The van der Waals surface area contributed by atoms with Gasteiger partial charge in [-0.15, -0.1) is 0 Å². The number of carboxylic acids is 1. The fourth-order valence-electron chi connectivity index (χ4n) is 1.85. The van der Waals surface area contributed by atoms with Crippen LogP contribution < -0.4 is 4.74 Å². The standard InChI is InChI=1S/C13H16O3/c1-9-8-12(9)10-2-4-11(5-3-10)16-7-6-13(14)15/h2-5,9,12H,6-8H2,1H3,(H,14,15)/t9-,12?/m0/s1. The lowest BCUT2D eigenvalue weighted by atomic mass is 10.1. The highest BCUT2D eigenvalue weighted by Gasteiger charge is 2.33. The van der Waals surface area contributed by atoms with E-state index in [1.807, 2.05) is 12.1 Å². The summed E-state index contributed by atoms with van der Waals surface area (Å²) >= 11 is 0. The molecule has 1 saturated carbocycles. The lowest BCUT2D eigenvalue weighted by molar-refractivity contribution is -0.137. The van der Waals surface area contributed by atoms with Gasteiger partial charge in [0.2, 0.25) is 0 Å².